The summed E-state index contributed by atoms with van der Waals surface area (Å²) in [5.41, 5.74) is 0.636. The number of likely N-dealkylation sites (tertiary alicyclic amines) is 1. The first kappa shape index (κ1) is 14.5. The summed E-state index contributed by atoms with van der Waals surface area (Å²) in [5, 5.41) is 23.8. The standard InChI is InChI=1S/C15H23N3O3/c1-2-5-18-12(3-4-16-18)15(21)17-8-10-6-13(19)14(20)7-11(10)9-17/h3-4,10-11,13-14,19-20H,2,5-9H2,1H3/t10-,11+,13+,14-. The number of aryl methyl sites for hydroxylation is 1. The van der Waals surface area contributed by atoms with Gasteiger partial charge in [0.25, 0.3) is 5.91 Å². The van der Waals surface area contributed by atoms with Crippen LogP contribution in [-0.2, 0) is 6.54 Å². The van der Waals surface area contributed by atoms with Crippen molar-refractivity contribution in [1.82, 2.24) is 14.7 Å². The van der Waals surface area contributed by atoms with Gasteiger partial charge < -0.3 is 15.1 Å². The molecule has 1 aliphatic heterocycles. The third kappa shape index (κ3) is 2.70. The van der Waals surface area contributed by atoms with Crippen LogP contribution in [0.15, 0.2) is 12.3 Å². The van der Waals surface area contributed by atoms with E-state index in [-0.39, 0.29) is 5.91 Å². The monoisotopic (exact) mass is 293 g/mol. The Balaban J connectivity index is 1.71. The van der Waals surface area contributed by atoms with Gasteiger partial charge in [0.15, 0.2) is 0 Å². The van der Waals surface area contributed by atoms with E-state index in [1.54, 1.807) is 16.9 Å². The van der Waals surface area contributed by atoms with Crippen molar-refractivity contribution in [2.75, 3.05) is 13.1 Å². The van der Waals surface area contributed by atoms with Crippen molar-refractivity contribution in [1.29, 1.82) is 0 Å². The molecular weight excluding hydrogens is 270 g/mol. The van der Waals surface area contributed by atoms with E-state index < -0.39 is 12.2 Å². The van der Waals surface area contributed by atoms with E-state index in [1.165, 1.54) is 0 Å². The molecule has 21 heavy (non-hydrogen) atoms. The zero-order valence-corrected chi connectivity index (χ0v) is 12.4. The second-order valence-corrected chi connectivity index (χ2v) is 6.28. The lowest BCUT2D eigenvalue weighted by Crippen LogP contribution is -2.38. The molecule has 0 bridgehead atoms. The van der Waals surface area contributed by atoms with Gasteiger partial charge in [0.05, 0.1) is 12.2 Å². The van der Waals surface area contributed by atoms with E-state index in [9.17, 15) is 15.0 Å². The summed E-state index contributed by atoms with van der Waals surface area (Å²) in [5.74, 6) is 0.615. The van der Waals surface area contributed by atoms with Crippen molar-refractivity contribution >= 4 is 5.91 Å². The van der Waals surface area contributed by atoms with Crippen molar-refractivity contribution in [2.24, 2.45) is 11.8 Å². The van der Waals surface area contributed by atoms with Gasteiger partial charge in [0.1, 0.15) is 5.69 Å². The molecule has 0 aromatic carbocycles. The fraction of sp³-hybridized carbons (Fsp3) is 0.733. The van der Waals surface area contributed by atoms with E-state index in [0.29, 0.717) is 43.5 Å². The summed E-state index contributed by atoms with van der Waals surface area (Å²) in [6.45, 7) is 4.14. The lowest BCUT2D eigenvalue weighted by Gasteiger charge is -2.31. The van der Waals surface area contributed by atoms with Crippen molar-refractivity contribution in [3.05, 3.63) is 18.0 Å². The van der Waals surface area contributed by atoms with Gasteiger partial charge in [0.2, 0.25) is 0 Å². The van der Waals surface area contributed by atoms with Crippen LogP contribution in [0.4, 0.5) is 0 Å². The van der Waals surface area contributed by atoms with Crippen molar-refractivity contribution in [2.45, 2.75) is 44.9 Å². The molecule has 2 aliphatic rings. The Morgan fingerprint density at radius 3 is 2.48 bits per heavy atom. The molecule has 6 nitrogen and oxygen atoms in total. The van der Waals surface area contributed by atoms with Crippen LogP contribution in [0.25, 0.3) is 0 Å². The quantitative estimate of drug-likeness (QED) is 0.850. The lowest BCUT2D eigenvalue weighted by molar-refractivity contribution is -0.0372. The number of nitrogens with zero attached hydrogens (tertiary/aromatic N) is 3. The molecule has 0 spiro atoms. The summed E-state index contributed by atoms with van der Waals surface area (Å²) in [7, 11) is 0. The van der Waals surface area contributed by atoms with E-state index >= 15 is 0 Å². The van der Waals surface area contributed by atoms with Crippen LogP contribution in [0.3, 0.4) is 0 Å². The molecule has 1 saturated carbocycles. The van der Waals surface area contributed by atoms with Crippen LogP contribution in [0.2, 0.25) is 0 Å². The van der Waals surface area contributed by atoms with Gasteiger partial charge in [-0.25, -0.2) is 0 Å². The normalized spacial score (nSPS) is 32.2. The van der Waals surface area contributed by atoms with E-state index in [2.05, 4.69) is 12.0 Å². The lowest BCUT2D eigenvalue weighted by atomic mass is 9.79. The number of carbonyl (C=O) groups excluding carboxylic acids is 1. The number of aliphatic hydroxyl groups is 2. The molecule has 1 aromatic rings. The largest absolute Gasteiger partial charge is 0.390 e. The van der Waals surface area contributed by atoms with Crippen LogP contribution in [0.5, 0.6) is 0 Å². The molecule has 3 rings (SSSR count). The average Bonchev–Trinajstić information content (AvgIpc) is 3.06. The number of amides is 1. The maximum atomic E-state index is 12.7. The number of rotatable bonds is 3. The first-order valence-electron chi connectivity index (χ1n) is 7.77. The van der Waals surface area contributed by atoms with Crippen LogP contribution in [0, 0.1) is 11.8 Å². The number of aliphatic hydroxyl groups excluding tert-OH is 2. The molecule has 2 fully saturated rings. The van der Waals surface area contributed by atoms with Crippen LogP contribution in [-0.4, -0.2) is 56.1 Å². The van der Waals surface area contributed by atoms with Gasteiger partial charge in [-0.1, -0.05) is 6.92 Å². The molecule has 2 N–H and O–H groups in total. The highest BCUT2D eigenvalue weighted by Gasteiger charge is 2.42. The summed E-state index contributed by atoms with van der Waals surface area (Å²) in [4.78, 5) is 14.5. The number of hydrogen-bond donors (Lipinski definition) is 2. The Morgan fingerprint density at radius 1 is 1.29 bits per heavy atom. The SMILES string of the molecule is CCCn1nccc1C(=O)N1C[C@H]2C[C@H](O)[C@H](O)C[C@H]2C1. The van der Waals surface area contributed by atoms with E-state index in [1.807, 2.05) is 4.90 Å². The Hall–Kier alpha value is -1.40. The predicted octanol–water partition coefficient (Wildman–Crippen LogP) is 0.497. The Labute approximate surface area is 124 Å². The van der Waals surface area contributed by atoms with Gasteiger partial charge in [-0.3, -0.25) is 9.48 Å². The predicted molar refractivity (Wildman–Crippen MR) is 76.6 cm³/mol. The van der Waals surface area contributed by atoms with Crippen LogP contribution in [0.1, 0.15) is 36.7 Å². The molecule has 1 amide bonds. The summed E-state index contributed by atoms with van der Waals surface area (Å²) in [6, 6.07) is 1.77. The van der Waals surface area contributed by atoms with Gasteiger partial charge >= 0.3 is 0 Å². The number of hydrogen-bond acceptors (Lipinski definition) is 4. The highest BCUT2D eigenvalue weighted by molar-refractivity contribution is 5.92. The average molecular weight is 293 g/mol. The van der Waals surface area contributed by atoms with Crippen LogP contribution < -0.4 is 0 Å². The van der Waals surface area contributed by atoms with E-state index in [4.69, 9.17) is 0 Å². The molecular formula is C15H23N3O3. The topological polar surface area (TPSA) is 78.6 Å². The summed E-state index contributed by atoms with van der Waals surface area (Å²) < 4.78 is 1.76. The van der Waals surface area contributed by atoms with Crippen molar-refractivity contribution < 1.29 is 15.0 Å². The van der Waals surface area contributed by atoms with E-state index in [0.717, 1.165) is 13.0 Å². The molecule has 116 valence electrons. The maximum absolute atomic E-state index is 12.7. The minimum Gasteiger partial charge on any atom is -0.390 e. The second kappa shape index (κ2) is 5.77. The summed E-state index contributed by atoms with van der Waals surface area (Å²) in [6.07, 6.45) is 2.48. The Morgan fingerprint density at radius 2 is 1.90 bits per heavy atom. The zero-order valence-electron chi connectivity index (χ0n) is 12.4. The number of aromatic nitrogens is 2. The van der Waals surface area contributed by atoms with Gasteiger partial charge in [-0.15, -0.1) is 0 Å². The summed E-state index contributed by atoms with van der Waals surface area (Å²) >= 11 is 0. The molecule has 0 unspecified atom stereocenters. The highest BCUT2D eigenvalue weighted by Crippen LogP contribution is 2.36. The fourth-order valence-electron chi connectivity index (χ4n) is 3.64. The fourth-order valence-corrected chi connectivity index (χ4v) is 3.64. The minimum atomic E-state index is -0.646. The molecule has 2 heterocycles. The van der Waals surface area contributed by atoms with Gasteiger partial charge in [-0.2, -0.15) is 5.10 Å². The number of fused-ring (bicyclic) bond motifs is 1. The Kier molecular flexibility index (Phi) is 3.99. The van der Waals surface area contributed by atoms with Crippen LogP contribution >= 0.6 is 0 Å². The number of carbonyl (C=O) groups is 1. The highest BCUT2D eigenvalue weighted by atomic mass is 16.3. The molecule has 1 aromatic heterocycles. The minimum absolute atomic E-state index is 0.0133. The first-order valence-corrected chi connectivity index (χ1v) is 7.77. The smallest absolute Gasteiger partial charge is 0.272 e. The zero-order chi connectivity index (χ0) is 15.0. The molecule has 1 aliphatic carbocycles. The van der Waals surface area contributed by atoms with Gasteiger partial charge in [-0.05, 0) is 37.2 Å². The molecule has 4 atom stereocenters. The molecule has 1 saturated heterocycles. The third-order valence-corrected chi connectivity index (χ3v) is 4.77. The third-order valence-electron chi connectivity index (χ3n) is 4.77. The van der Waals surface area contributed by atoms with Gasteiger partial charge in [0, 0.05) is 25.8 Å². The maximum Gasteiger partial charge on any atom is 0.272 e. The molecule has 6 heteroatoms. The first-order chi connectivity index (χ1) is 10.1. The molecule has 0 radical (unpaired) electrons. The second-order valence-electron chi connectivity index (χ2n) is 6.28. The van der Waals surface area contributed by atoms with Crippen molar-refractivity contribution in [3.63, 3.8) is 0 Å². The Bertz CT molecular complexity index is 498. The van der Waals surface area contributed by atoms with Crippen molar-refractivity contribution in [3.8, 4) is 0 Å².